The van der Waals surface area contributed by atoms with Crippen molar-refractivity contribution in [2.24, 2.45) is 11.3 Å². The molecular formula is C22H42O2. The van der Waals surface area contributed by atoms with Gasteiger partial charge in [0.25, 0.3) is 0 Å². The second-order valence-electron chi connectivity index (χ2n) is 8.28. The maximum Gasteiger partial charge on any atom is 0.307 e. The lowest BCUT2D eigenvalue weighted by Crippen LogP contribution is -2.28. The molecule has 0 bridgehead atoms. The Balaban J connectivity index is 3.47. The first-order chi connectivity index (χ1) is 11.4. The highest BCUT2D eigenvalue weighted by molar-refractivity contribution is 5.70. The van der Waals surface area contributed by atoms with E-state index in [4.69, 9.17) is 0 Å². The summed E-state index contributed by atoms with van der Waals surface area (Å²) in [5, 5.41) is 9.30. The zero-order valence-corrected chi connectivity index (χ0v) is 16.8. The number of carboxylic acid groups (broad SMARTS) is 1. The standard InChI is InChI=1S/C22H42O2/c1-5-6-7-8-9-10-11-12-13-14-15-16-17-18-19-20(21(23)24)22(2,3)4/h12-13,20H,5-11,14-19H2,1-4H3,(H,23,24)/b13-12-. The third-order valence-electron chi connectivity index (χ3n) is 4.85. The largest absolute Gasteiger partial charge is 0.481 e. The normalized spacial score (nSPS) is 13.5. The van der Waals surface area contributed by atoms with Crippen molar-refractivity contribution in [3.05, 3.63) is 12.2 Å². The van der Waals surface area contributed by atoms with Crippen LogP contribution in [-0.2, 0) is 4.79 Å². The molecule has 1 atom stereocenters. The first-order valence-corrected chi connectivity index (χ1v) is 10.3. The fraction of sp³-hybridized carbons (Fsp3) is 0.864. The van der Waals surface area contributed by atoms with E-state index in [1.165, 1.54) is 64.2 Å². The highest BCUT2D eigenvalue weighted by atomic mass is 16.4. The molecule has 0 aliphatic rings. The Morgan fingerprint density at radius 3 is 1.75 bits per heavy atom. The maximum atomic E-state index is 11.3. The lowest BCUT2D eigenvalue weighted by Gasteiger charge is -2.26. The molecular weight excluding hydrogens is 296 g/mol. The van der Waals surface area contributed by atoms with Crippen LogP contribution in [-0.4, -0.2) is 11.1 Å². The summed E-state index contributed by atoms with van der Waals surface area (Å²) in [5.41, 5.74) is -0.134. The summed E-state index contributed by atoms with van der Waals surface area (Å²) in [7, 11) is 0. The van der Waals surface area contributed by atoms with Gasteiger partial charge in [0.15, 0.2) is 0 Å². The molecule has 0 aliphatic heterocycles. The molecule has 0 amide bonds. The molecule has 0 fully saturated rings. The molecule has 0 aromatic carbocycles. The molecule has 0 aromatic heterocycles. The summed E-state index contributed by atoms with van der Waals surface area (Å²) in [6.07, 6.45) is 20.8. The topological polar surface area (TPSA) is 37.3 Å². The Morgan fingerprint density at radius 1 is 0.833 bits per heavy atom. The molecule has 0 rings (SSSR count). The predicted octanol–water partition coefficient (Wildman–Crippen LogP) is 7.38. The average molecular weight is 339 g/mol. The highest BCUT2D eigenvalue weighted by Gasteiger charge is 2.30. The van der Waals surface area contributed by atoms with Crippen LogP contribution in [0.15, 0.2) is 12.2 Å². The van der Waals surface area contributed by atoms with Gasteiger partial charge in [-0.2, -0.15) is 0 Å². The van der Waals surface area contributed by atoms with E-state index in [-0.39, 0.29) is 11.3 Å². The molecule has 0 saturated heterocycles. The van der Waals surface area contributed by atoms with Crippen molar-refractivity contribution in [2.45, 2.75) is 111 Å². The Kier molecular flexibility index (Phi) is 14.1. The molecule has 24 heavy (non-hydrogen) atoms. The van der Waals surface area contributed by atoms with Gasteiger partial charge in [-0.05, 0) is 37.5 Å². The van der Waals surface area contributed by atoms with Crippen LogP contribution < -0.4 is 0 Å². The van der Waals surface area contributed by atoms with E-state index in [0.717, 1.165) is 19.3 Å². The molecule has 2 heteroatoms. The van der Waals surface area contributed by atoms with Gasteiger partial charge >= 0.3 is 5.97 Å². The van der Waals surface area contributed by atoms with Crippen LogP contribution in [0.5, 0.6) is 0 Å². The van der Waals surface area contributed by atoms with Crippen molar-refractivity contribution >= 4 is 5.97 Å². The van der Waals surface area contributed by atoms with Gasteiger partial charge in [0.2, 0.25) is 0 Å². The van der Waals surface area contributed by atoms with Crippen LogP contribution >= 0.6 is 0 Å². The summed E-state index contributed by atoms with van der Waals surface area (Å²) in [5.74, 6) is -0.852. The molecule has 0 spiro atoms. The third kappa shape index (κ3) is 13.6. The monoisotopic (exact) mass is 338 g/mol. The number of hydrogen-bond acceptors (Lipinski definition) is 1. The van der Waals surface area contributed by atoms with Crippen molar-refractivity contribution < 1.29 is 9.90 Å². The molecule has 0 saturated carbocycles. The van der Waals surface area contributed by atoms with E-state index >= 15 is 0 Å². The SMILES string of the molecule is CCCCCCCC/C=C\CCCCCCC(C(=O)O)C(C)(C)C. The van der Waals surface area contributed by atoms with Crippen molar-refractivity contribution in [1.82, 2.24) is 0 Å². The number of hydrogen-bond donors (Lipinski definition) is 1. The van der Waals surface area contributed by atoms with E-state index in [0.29, 0.717) is 0 Å². The van der Waals surface area contributed by atoms with Crippen molar-refractivity contribution in [3.63, 3.8) is 0 Å². The van der Waals surface area contributed by atoms with Crippen LogP contribution in [0.3, 0.4) is 0 Å². The molecule has 1 unspecified atom stereocenters. The minimum absolute atomic E-state index is 0.134. The number of rotatable bonds is 15. The molecule has 0 aromatic rings. The second kappa shape index (κ2) is 14.5. The summed E-state index contributed by atoms with van der Waals surface area (Å²) in [6, 6.07) is 0. The van der Waals surface area contributed by atoms with E-state index in [1.54, 1.807) is 0 Å². The van der Waals surface area contributed by atoms with E-state index in [2.05, 4.69) is 19.1 Å². The maximum absolute atomic E-state index is 11.3. The fourth-order valence-corrected chi connectivity index (χ4v) is 3.17. The van der Waals surface area contributed by atoms with Crippen molar-refractivity contribution in [2.75, 3.05) is 0 Å². The zero-order chi connectivity index (χ0) is 18.3. The van der Waals surface area contributed by atoms with Crippen molar-refractivity contribution in [1.29, 1.82) is 0 Å². The van der Waals surface area contributed by atoms with Gasteiger partial charge in [-0.1, -0.05) is 91.2 Å². The number of unbranched alkanes of at least 4 members (excludes halogenated alkanes) is 10. The Labute approximate surface area is 151 Å². The summed E-state index contributed by atoms with van der Waals surface area (Å²) >= 11 is 0. The van der Waals surface area contributed by atoms with Crippen LogP contribution in [0.4, 0.5) is 0 Å². The van der Waals surface area contributed by atoms with Gasteiger partial charge < -0.3 is 5.11 Å². The van der Waals surface area contributed by atoms with Crippen LogP contribution in [0.25, 0.3) is 0 Å². The number of carboxylic acids is 1. The molecule has 0 heterocycles. The summed E-state index contributed by atoms with van der Waals surface area (Å²) in [4.78, 5) is 11.3. The third-order valence-corrected chi connectivity index (χ3v) is 4.85. The molecule has 0 radical (unpaired) electrons. The van der Waals surface area contributed by atoms with Crippen LogP contribution in [0.2, 0.25) is 0 Å². The average Bonchev–Trinajstić information content (AvgIpc) is 2.49. The Bertz CT molecular complexity index is 325. The summed E-state index contributed by atoms with van der Waals surface area (Å²) < 4.78 is 0. The quantitative estimate of drug-likeness (QED) is 0.250. The smallest absolute Gasteiger partial charge is 0.307 e. The van der Waals surface area contributed by atoms with Crippen molar-refractivity contribution in [3.8, 4) is 0 Å². The molecule has 2 nitrogen and oxygen atoms in total. The van der Waals surface area contributed by atoms with Gasteiger partial charge in [-0.15, -0.1) is 0 Å². The van der Waals surface area contributed by atoms with E-state index in [9.17, 15) is 9.90 Å². The predicted molar refractivity (Wildman–Crippen MR) is 105 cm³/mol. The first kappa shape index (κ1) is 23.2. The molecule has 1 N–H and O–H groups in total. The van der Waals surface area contributed by atoms with Crippen LogP contribution in [0.1, 0.15) is 111 Å². The fourth-order valence-electron chi connectivity index (χ4n) is 3.17. The summed E-state index contributed by atoms with van der Waals surface area (Å²) in [6.45, 7) is 8.35. The lowest BCUT2D eigenvalue weighted by atomic mass is 9.78. The lowest BCUT2D eigenvalue weighted by molar-refractivity contribution is -0.145. The number of aliphatic carboxylic acids is 1. The Hall–Kier alpha value is -0.790. The molecule has 0 aliphatic carbocycles. The second-order valence-corrected chi connectivity index (χ2v) is 8.28. The minimum atomic E-state index is -0.639. The van der Waals surface area contributed by atoms with Gasteiger partial charge in [0.1, 0.15) is 0 Å². The highest BCUT2D eigenvalue weighted by Crippen LogP contribution is 2.30. The first-order valence-electron chi connectivity index (χ1n) is 10.3. The Morgan fingerprint density at radius 2 is 1.29 bits per heavy atom. The molecule has 142 valence electrons. The minimum Gasteiger partial charge on any atom is -0.481 e. The van der Waals surface area contributed by atoms with Gasteiger partial charge in [-0.3, -0.25) is 4.79 Å². The van der Waals surface area contributed by atoms with Gasteiger partial charge in [0, 0.05) is 0 Å². The van der Waals surface area contributed by atoms with E-state index < -0.39 is 5.97 Å². The van der Waals surface area contributed by atoms with Gasteiger partial charge in [-0.25, -0.2) is 0 Å². The van der Waals surface area contributed by atoms with Gasteiger partial charge in [0.05, 0.1) is 5.92 Å². The van der Waals surface area contributed by atoms with Crippen LogP contribution in [0, 0.1) is 11.3 Å². The number of allylic oxidation sites excluding steroid dienone is 2. The number of carbonyl (C=O) groups is 1. The van der Waals surface area contributed by atoms with E-state index in [1.807, 2.05) is 20.8 Å². The zero-order valence-electron chi connectivity index (χ0n) is 16.8.